The fourth-order valence-corrected chi connectivity index (χ4v) is 2.58. The van der Waals surface area contributed by atoms with Crippen molar-refractivity contribution in [2.45, 2.75) is 6.42 Å². The molecule has 0 bridgehead atoms. The van der Waals surface area contributed by atoms with Crippen LogP contribution in [-0.2, 0) is 16.4 Å². The molecule has 0 aromatic carbocycles. The minimum atomic E-state index is -3.12. The maximum atomic E-state index is 10.9. The van der Waals surface area contributed by atoms with Crippen molar-refractivity contribution in [3.63, 3.8) is 0 Å². The highest BCUT2D eigenvalue weighted by molar-refractivity contribution is 7.88. The van der Waals surface area contributed by atoms with Crippen LogP contribution in [0, 0.1) is 0 Å². The molecule has 1 aromatic heterocycles. The Morgan fingerprint density at radius 1 is 1.32 bits per heavy atom. The van der Waals surface area contributed by atoms with E-state index in [0.717, 1.165) is 19.2 Å². The fourth-order valence-electron chi connectivity index (χ4n) is 1.40. The van der Waals surface area contributed by atoms with E-state index in [1.807, 2.05) is 6.07 Å². The molecule has 108 valence electrons. The van der Waals surface area contributed by atoms with E-state index in [2.05, 4.69) is 31.8 Å². The second-order valence-electron chi connectivity index (χ2n) is 3.92. The molecule has 0 aliphatic heterocycles. The number of nitrogens with zero attached hydrogens (tertiary/aromatic N) is 1. The Bertz CT molecular complexity index is 483. The molecule has 0 aliphatic rings. The number of sulfonamides is 1. The molecule has 1 rings (SSSR count). The van der Waals surface area contributed by atoms with Crippen LogP contribution in [0.15, 0.2) is 22.5 Å². The third kappa shape index (κ3) is 7.81. The van der Waals surface area contributed by atoms with Crippen LogP contribution >= 0.6 is 11.3 Å². The second-order valence-corrected chi connectivity index (χ2v) is 6.79. The third-order valence-corrected chi connectivity index (χ3v) is 3.91. The van der Waals surface area contributed by atoms with Crippen molar-refractivity contribution < 1.29 is 8.42 Å². The van der Waals surface area contributed by atoms with Gasteiger partial charge in [0.1, 0.15) is 0 Å². The topological polar surface area (TPSA) is 82.6 Å². The zero-order valence-corrected chi connectivity index (χ0v) is 12.8. The average molecular weight is 304 g/mol. The molecule has 0 saturated carbocycles. The fraction of sp³-hybridized carbons (Fsp3) is 0.545. The molecular formula is C11H20N4O2S2. The van der Waals surface area contributed by atoms with Crippen molar-refractivity contribution >= 4 is 27.3 Å². The van der Waals surface area contributed by atoms with E-state index >= 15 is 0 Å². The van der Waals surface area contributed by atoms with Gasteiger partial charge in [-0.1, -0.05) is 6.07 Å². The molecule has 0 spiro atoms. The summed E-state index contributed by atoms with van der Waals surface area (Å²) in [6.45, 7) is 1.62. The van der Waals surface area contributed by atoms with Crippen molar-refractivity contribution in [1.29, 1.82) is 0 Å². The maximum absolute atomic E-state index is 10.9. The van der Waals surface area contributed by atoms with Crippen LogP contribution in [0.25, 0.3) is 0 Å². The Labute approximate surface area is 118 Å². The van der Waals surface area contributed by atoms with Gasteiger partial charge in [-0.2, -0.15) is 0 Å². The number of aliphatic imine (C=N–C) groups is 1. The monoisotopic (exact) mass is 304 g/mol. The summed E-state index contributed by atoms with van der Waals surface area (Å²) in [6.07, 6.45) is 2.08. The summed E-state index contributed by atoms with van der Waals surface area (Å²) < 4.78 is 24.1. The second kappa shape index (κ2) is 8.13. The number of nitrogens with one attached hydrogen (secondary N) is 3. The summed E-state index contributed by atoms with van der Waals surface area (Å²) in [4.78, 5) is 5.38. The first kappa shape index (κ1) is 15.9. The van der Waals surface area contributed by atoms with Crippen LogP contribution < -0.4 is 15.4 Å². The van der Waals surface area contributed by atoms with Gasteiger partial charge in [-0.3, -0.25) is 4.99 Å². The zero-order chi connectivity index (χ0) is 14.1. The van der Waals surface area contributed by atoms with E-state index in [1.165, 1.54) is 4.88 Å². The Morgan fingerprint density at radius 2 is 2.05 bits per heavy atom. The largest absolute Gasteiger partial charge is 0.356 e. The van der Waals surface area contributed by atoms with Gasteiger partial charge >= 0.3 is 0 Å². The molecule has 6 nitrogen and oxygen atoms in total. The van der Waals surface area contributed by atoms with Crippen molar-refractivity contribution in [1.82, 2.24) is 15.4 Å². The maximum Gasteiger partial charge on any atom is 0.208 e. The van der Waals surface area contributed by atoms with Crippen LogP contribution in [-0.4, -0.2) is 47.3 Å². The minimum absolute atomic E-state index is 0.338. The first-order valence-electron chi connectivity index (χ1n) is 5.93. The Balaban J connectivity index is 2.16. The van der Waals surface area contributed by atoms with Crippen LogP contribution in [0.5, 0.6) is 0 Å². The predicted molar refractivity (Wildman–Crippen MR) is 80.2 cm³/mol. The molecule has 0 fully saturated rings. The molecule has 1 heterocycles. The SMILES string of the molecule is CN=C(NCCNS(C)(=O)=O)NCCc1cccs1. The van der Waals surface area contributed by atoms with E-state index in [-0.39, 0.29) is 0 Å². The normalized spacial score (nSPS) is 12.4. The van der Waals surface area contributed by atoms with Crippen LogP contribution in [0.2, 0.25) is 0 Å². The number of hydrogen-bond donors (Lipinski definition) is 3. The quantitative estimate of drug-likeness (QED) is 0.376. The summed E-state index contributed by atoms with van der Waals surface area (Å²) in [5, 5.41) is 8.27. The molecule has 19 heavy (non-hydrogen) atoms. The molecule has 0 aliphatic carbocycles. The molecule has 8 heteroatoms. The molecule has 1 aromatic rings. The molecule has 0 atom stereocenters. The van der Waals surface area contributed by atoms with Gasteiger partial charge in [0.2, 0.25) is 10.0 Å². The highest BCUT2D eigenvalue weighted by Crippen LogP contribution is 2.07. The zero-order valence-electron chi connectivity index (χ0n) is 11.1. The van der Waals surface area contributed by atoms with Crippen LogP contribution in [0.3, 0.4) is 0 Å². The lowest BCUT2D eigenvalue weighted by atomic mass is 10.3. The Kier molecular flexibility index (Phi) is 6.82. The lowest BCUT2D eigenvalue weighted by Gasteiger charge is -2.11. The van der Waals surface area contributed by atoms with Crippen molar-refractivity contribution in [2.24, 2.45) is 4.99 Å². The summed E-state index contributed by atoms with van der Waals surface area (Å²) in [5.74, 6) is 0.673. The van der Waals surface area contributed by atoms with Gasteiger partial charge in [-0.25, -0.2) is 13.1 Å². The van der Waals surface area contributed by atoms with Gasteiger partial charge in [0, 0.05) is 31.6 Å². The van der Waals surface area contributed by atoms with Gasteiger partial charge in [-0.15, -0.1) is 11.3 Å². The number of guanidine groups is 1. The van der Waals surface area contributed by atoms with E-state index in [4.69, 9.17) is 0 Å². The molecule has 0 saturated heterocycles. The number of hydrogen-bond acceptors (Lipinski definition) is 4. The van der Waals surface area contributed by atoms with E-state index in [9.17, 15) is 8.42 Å². The Hall–Kier alpha value is -1.12. The van der Waals surface area contributed by atoms with E-state index in [1.54, 1.807) is 18.4 Å². The number of thiophene rings is 1. The molecule has 0 unspecified atom stereocenters. The van der Waals surface area contributed by atoms with Gasteiger partial charge in [0.25, 0.3) is 0 Å². The lowest BCUT2D eigenvalue weighted by Crippen LogP contribution is -2.41. The average Bonchev–Trinajstić information content (AvgIpc) is 2.84. The molecule has 0 amide bonds. The first-order valence-corrected chi connectivity index (χ1v) is 8.70. The summed E-state index contributed by atoms with van der Waals surface area (Å²) in [7, 11) is -1.44. The smallest absolute Gasteiger partial charge is 0.208 e. The standard InChI is InChI=1S/C11H20N4O2S2/c1-12-11(14-7-8-15-19(2,16)17)13-6-5-10-4-3-9-18-10/h3-4,9,15H,5-8H2,1-2H3,(H2,12,13,14). The summed E-state index contributed by atoms with van der Waals surface area (Å²) in [6, 6.07) is 4.13. The van der Waals surface area contributed by atoms with Crippen molar-refractivity contribution in [2.75, 3.05) is 32.9 Å². The van der Waals surface area contributed by atoms with Crippen LogP contribution in [0.1, 0.15) is 4.88 Å². The summed E-state index contributed by atoms with van der Waals surface area (Å²) >= 11 is 1.73. The van der Waals surface area contributed by atoms with E-state index in [0.29, 0.717) is 19.0 Å². The number of rotatable bonds is 7. The third-order valence-electron chi connectivity index (χ3n) is 2.25. The molecule has 0 radical (unpaired) electrons. The molecule has 3 N–H and O–H groups in total. The van der Waals surface area contributed by atoms with Crippen molar-refractivity contribution in [3.8, 4) is 0 Å². The first-order chi connectivity index (χ1) is 9.01. The predicted octanol–water partition coefficient (Wildman–Crippen LogP) is 0.00480. The minimum Gasteiger partial charge on any atom is -0.356 e. The summed E-state index contributed by atoms with van der Waals surface area (Å²) in [5.41, 5.74) is 0. The van der Waals surface area contributed by atoms with Gasteiger partial charge in [0.05, 0.1) is 6.26 Å². The van der Waals surface area contributed by atoms with Gasteiger partial charge < -0.3 is 10.6 Å². The highest BCUT2D eigenvalue weighted by Gasteiger charge is 2.01. The van der Waals surface area contributed by atoms with Gasteiger partial charge in [-0.05, 0) is 17.9 Å². The lowest BCUT2D eigenvalue weighted by molar-refractivity contribution is 0.586. The van der Waals surface area contributed by atoms with Crippen molar-refractivity contribution in [3.05, 3.63) is 22.4 Å². The van der Waals surface area contributed by atoms with Crippen LogP contribution in [0.4, 0.5) is 0 Å². The van der Waals surface area contributed by atoms with E-state index < -0.39 is 10.0 Å². The van der Waals surface area contributed by atoms with Gasteiger partial charge in [0.15, 0.2) is 5.96 Å². The molecular weight excluding hydrogens is 284 g/mol. The highest BCUT2D eigenvalue weighted by atomic mass is 32.2. The Morgan fingerprint density at radius 3 is 2.63 bits per heavy atom.